The molecule has 0 spiro atoms. The molecule has 190 valence electrons. The van der Waals surface area contributed by atoms with E-state index in [1.165, 1.54) is 21.0 Å². The highest BCUT2D eigenvalue weighted by Gasteiger charge is 2.59. The van der Waals surface area contributed by atoms with Crippen LogP contribution in [0.2, 0.25) is 0 Å². The molecule has 0 saturated heterocycles. The molecule has 10 heteroatoms. The van der Waals surface area contributed by atoms with E-state index in [9.17, 15) is 24.3 Å². The molecule has 0 saturated carbocycles. The number of hydrogen-bond acceptors (Lipinski definition) is 10. The van der Waals surface area contributed by atoms with Gasteiger partial charge in [0.05, 0.1) is 0 Å². The van der Waals surface area contributed by atoms with Crippen LogP contribution >= 0.6 is 0 Å². The highest BCUT2D eigenvalue weighted by atomic mass is 16.7. The van der Waals surface area contributed by atoms with Crippen LogP contribution < -0.4 is 0 Å². The summed E-state index contributed by atoms with van der Waals surface area (Å²) in [5.74, 6) is -2.58. The number of aliphatic hydroxyl groups is 1. The van der Waals surface area contributed by atoms with Crippen LogP contribution in [0.5, 0.6) is 0 Å². The second-order valence-electron chi connectivity index (χ2n) is 7.59. The van der Waals surface area contributed by atoms with E-state index >= 15 is 0 Å². The van der Waals surface area contributed by atoms with Gasteiger partial charge in [0.15, 0.2) is 18.0 Å². The van der Waals surface area contributed by atoms with Crippen LogP contribution in [0.1, 0.15) is 74.1 Å². The summed E-state index contributed by atoms with van der Waals surface area (Å²) in [7, 11) is 1.18. The fourth-order valence-corrected chi connectivity index (χ4v) is 3.15. The number of carbonyl (C=O) groups is 4. The average molecular weight is 475 g/mol. The maximum atomic E-state index is 12.4. The van der Waals surface area contributed by atoms with Crippen molar-refractivity contribution in [3.63, 3.8) is 0 Å². The van der Waals surface area contributed by atoms with Gasteiger partial charge < -0.3 is 28.8 Å². The molecule has 1 N–H and O–H groups in total. The lowest BCUT2D eigenvalue weighted by Gasteiger charge is -2.47. The van der Waals surface area contributed by atoms with Crippen molar-refractivity contribution in [2.45, 2.75) is 97.7 Å². The minimum atomic E-state index is -2.00. The van der Waals surface area contributed by atoms with Crippen LogP contribution in [0.4, 0.5) is 0 Å². The number of allylic oxidation sites excluding steroid dienone is 1. The highest BCUT2D eigenvalue weighted by Crippen LogP contribution is 2.39. The molecule has 0 radical (unpaired) electrons. The topological polar surface area (TPSA) is 135 Å². The van der Waals surface area contributed by atoms with Gasteiger partial charge in [0.25, 0.3) is 0 Å². The van der Waals surface area contributed by atoms with Crippen LogP contribution in [0, 0.1) is 0 Å². The maximum Gasteiger partial charge on any atom is 0.306 e. The molecule has 0 aromatic heterocycles. The predicted molar refractivity (Wildman–Crippen MR) is 118 cm³/mol. The fourth-order valence-electron chi connectivity index (χ4n) is 3.15. The molecule has 0 aliphatic heterocycles. The number of rotatable bonds is 14. The monoisotopic (exact) mass is 474 g/mol. The predicted octanol–water partition coefficient (Wildman–Crippen LogP) is 2.60. The second kappa shape index (κ2) is 13.9. The Kier molecular flexibility index (Phi) is 12.9. The largest absolute Gasteiger partial charge is 0.461 e. The number of carbonyl (C=O) groups excluding carboxylic acids is 4. The number of aliphatic hydroxyl groups excluding tert-OH is 1. The smallest absolute Gasteiger partial charge is 0.306 e. The van der Waals surface area contributed by atoms with Crippen LogP contribution in [-0.4, -0.2) is 66.3 Å². The van der Waals surface area contributed by atoms with Gasteiger partial charge in [-0.3, -0.25) is 19.2 Å². The van der Waals surface area contributed by atoms with E-state index in [0.29, 0.717) is 0 Å². The highest BCUT2D eigenvalue weighted by molar-refractivity contribution is 5.72. The Balaban J connectivity index is 6.92. The molecule has 10 nitrogen and oxygen atoms in total. The lowest BCUT2D eigenvalue weighted by molar-refractivity contribution is -0.271. The normalized spacial score (nSPS) is 17.1. The van der Waals surface area contributed by atoms with Crippen molar-refractivity contribution in [1.29, 1.82) is 0 Å². The van der Waals surface area contributed by atoms with Gasteiger partial charge in [0.2, 0.25) is 5.60 Å². The van der Waals surface area contributed by atoms with Crippen molar-refractivity contribution in [3.8, 4) is 0 Å². The molecular weight excluding hydrogens is 436 g/mol. The third-order valence-corrected chi connectivity index (χ3v) is 5.17. The molecule has 0 bridgehead atoms. The minimum Gasteiger partial charge on any atom is -0.461 e. The third-order valence-electron chi connectivity index (χ3n) is 5.17. The Morgan fingerprint density at radius 1 is 0.848 bits per heavy atom. The summed E-state index contributed by atoms with van der Waals surface area (Å²) in [6, 6.07) is 0. The summed E-state index contributed by atoms with van der Waals surface area (Å²) in [4.78, 5) is 49.0. The molecular formula is C23H38O10. The first kappa shape index (κ1) is 30.5. The van der Waals surface area contributed by atoms with Crippen LogP contribution in [0.25, 0.3) is 0 Å². The van der Waals surface area contributed by atoms with Gasteiger partial charge in [0, 0.05) is 38.4 Å². The fraction of sp³-hybridized carbons (Fsp3) is 0.739. The third kappa shape index (κ3) is 8.12. The number of esters is 4. The summed E-state index contributed by atoms with van der Waals surface area (Å²) in [5, 5.41) is 10.7. The number of hydrogen-bond donors (Lipinski definition) is 1. The molecule has 0 rings (SSSR count). The Hall–Kier alpha value is -2.46. The second-order valence-corrected chi connectivity index (χ2v) is 7.59. The molecule has 0 heterocycles. The zero-order valence-corrected chi connectivity index (χ0v) is 20.9. The van der Waals surface area contributed by atoms with Crippen LogP contribution in [-0.2, 0) is 42.9 Å². The van der Waals surface area contributed by atoms with E-state index in [2.05, 4.69) is 0 Å². The van der Waals surface area contributed by atoms with Crippen molar-refractivity contribution >= 4 is 23.9 Å². The molecule has 0 aliphatic rings. The van der Waals surface area contributed by atoms with E-state index in [1.807, 2.05) is 0 Å². The molecule has 0 aromatic carbocycles. The first-order valence-corrected chi connectivity index (χ1v) is 11.0. The SMILES string of the molecule is C/C=C(/COC(=O)CC)C(C)(OC(=O)CC)[C@H](OC(=O)CC)C(C)(OC(=O)CC)[C@H](O)OC. The summed E-state index contributed by atoms with van der Waals surface area (Å²) < 4.78 is 27.2. The summed E-state index contributed by atoms with van der Waals surface area (Å²) >= 11 is 0. The quantitative estimate of drug-likeness (QED) is 0.173. The van der Waals surface area contributed by atoms with Gasteiger partial charge in [-0.15, -0.1) is 0 Å². The maximum absolute atomic E-state index is 12.4. The van der Waals surface area contributed by atoms with Gasteiger partial charge in [-0.05, 0) is 20.8 Å². The zero-order valence-electron chi connectivity index (χ0n) is 20.9. The Morgan fingerprint density at radius 3 is 1.76 bits per heavy atom. The first-order valence-electron chi connectivity index (χ1n) is 11.0. The molecule has 0 aliphatic carbocycles. The number of ether oxygens (including phenoxy) is 5. The van der Waals surface area contributed by atoms with Gasteiger partial charge in [-0.25, -0.2) is 0 Å². The van der Waals surface area contributed by atoms with Gasteiger partial charge >= 0.3 is 23.9 Å². The van der Waals surface area contributed by atoms with Gasteiger partial charge in [-0.2, -0.15) is 0 Å². The van der Waals surface area contributed by atoms with Crippen molar-refractivity contribution in [2.24, 2.45) is 0 Å². The lowest BCUT2D eigenvalue weighted by atomic mass is 9.79. The van der Waals surface area contributed by atoms with Crippen molar-refractivity contribution < 1.29 is 48.0 Å². The molecule has 4 atom stereocenters. The summed E-state index contributed by atoms with van der Waals surface area (Å²) in [6.07, 6.45) is -1.79. The minimum absolute atomic E-state index is 0.0198. The standard InChI is InChI=1S/C23H38O10/c1-9-15(14-30-16(24)10-2)22(6,32-18(26)12-4)20(31-17(25)11-3)23(7,21(28)29-8)33-19(27)13-5/h9,20-21,28H,10-14H2,1-8H3/b15-9-/t20-,21+,22?,23?/m0/s1. The Bertz CT molecular complexity index is 716. The molecule has 0 aromatic rings. The number of methoxy groups -OCH3 is 1. The summed E-state index contributed by atoms with van der Waals surface area (Å²) in [6.45, 7) is 10.4. The van der Waals surface area contributed by atoms with Crippen molar-refractivity contribution in [2.75, 3.05) is 13.7 Å². The van der Waals surface area contributed by atoms with Gasteiger partial charge in [0.1, 0.15) is 6.61 Å². The zero-order chi connectivity index (χ0) is 25.8. The Labute approximate surface area is 195 Å². The lowest BCUT2D eigenvalue weighted by Crippen LogP contribution is -2.65. The molecule has 33 heavy (non-hydrogen) atoms. The van der Waals surface area contributed by atoms with Crippen LogP contribution in [0.3, 0.4) is 0 Å². The van der Waals surface area contributed by atoms with E-state index < -0.39 is 47.5 Å². The van der Waals surface area contributed by atoms with Gasteiger partial charge in [-0.1, -0.05) is 33.8 Å². The van der Waals surface area contributed by atoms with E-state index in [0.717, 1.165) is 0 Å². The molecule has 0 amide bonds. The van der Waals surface area contributed by atoms with Crippen molar-refractivity contribution in [3.05, 3.63) is 11.6 Å². The summed E-state index contributed by atoms with van der Waals surface area (Å²) in [5.41, 5.74) is -3.55. The first-order chi connectivity index (χ1) is 15.4. The van der Waals surface area contributed by atoms with E-state index in [-0.39, 0.29) is 37.9 Å². The van der Waals surface area contributed by atoms with Crippen LogP contribution in [0.15, 0.2) is 11.6 Å². The molecule has 0 fully saturated rings. The van der Waals surface area contributed by atoms with Crippen molar-refractivity contribution in [1.82, 2.24) is 0 Å². The average Bonchev–Trinajstić information content (AvgIpc) is 2.80. The van der Waals surface area contributed by atoms with E-state index in [1.54, 1.807) is 40.7 Å². The van der Waals surface area contributed by atoms with E-state index in [4.69, 9.17) is 23.7 Å². The molecule has 2 unspecified atom stereocenters. The Morgan fingerprint density at radius 2 is 1.33 bits per heavy atom.